The first-order valence-electron chi connectivity index (χ1n) is 11.2. The SMILES string of the molecule is Cc1c(/C=C/CN2CCN(c3cc(F)cc(F)c3)CC2)cnn1C1(N)C=C(NCCO)NC=N1. The van der Waals surface area contributed by atoms with Gasteiger partial charge in [0, 0.05) is 68.4 Å². The largest absolute Gasteiger partial charge is 0.395 e. The molecule has 2 aromatic rings. The first kappa shape index (κ1) is 23.9. The molecule has 182 valence electrons. The van der Waals surface area contributed by atoms with Crippen molar-refractivity contribution in [1.82, 2.24) is 25.3 Å². The van der Waals surface area contributed by atoms with Crippen LogP contribution in [0.3, 0.4) is 0 Å². The molecule has 0 amide bonds. The number of piperazine rings is 1. The van der Waals surface area contributed by atoms with Gasteiger partial charge < -0.3 is 20.6 Å². The van der Waals surface area contributed by atoms with E-state index in [4.69, 9.17) is 10.8 Å². The molecule has 1 aromatic heterocycles. The fourth-order valence-corrected chi connectivity index (χ4v) is 4.09. The molecule has 0 aliphatic carbocycles. The van der Waals surface area contributed by atoms with Gasteiger partial charge in [-0.3, -0.25) is 10.6 Å². The summed E-state index contributed by atoms with van der Waals surface area (Å²) >= 11 is 0. The summed E-state index contributed by atoms with van der Waals surface area (Å²) in [6.07, 6.45) is 9.07. The van der Waals surface area contributed by atoms with E-state index in [9.17, 15) is 8.78 Å². The molecule has 1 unspecified atom stereocenters. The van der Waals surface area contributed by atoms with E-state index in [2.05, 4.69) is 31.7 Å². The minimum atomic E-state index is -1.17. The second kappa shape index (κ2) is 10.3. The number of nitrogens with one attached hydrogen (secondary N) is 2. The number of aliphatic imine (C=N–C) groups is 1. The van der Waals surface area contributed by atoms with Gasteiger partial charge in [0.1, 0.15) is 17.5 Å². The van der Waals surface area contributed by atoms with E-state index in [1.807, 2.05) is 17.9 Å². The number of aliphatic hydroxyl groups is 1. The van der Waals surface area contributed by atoms with Gasteiger partial charge in [0.25, 0.3) is 0 Å². The van der Waals surface area contributed by atoms with Crippen LogP contribution >= 0.6 is 0 Å². The van der Waals surface area contributed by atoms with Gasteiger partial charge in [0.2, 0.25) is 5.79 Å². The fourth-order valence-electron chi connectivity index (χ4n) is 4.09. The molecule has 1 fully saturated rings. The maximum atomic E-state index is 13.5. The van der Waals surface area contributed by atoms with Crippen molar-refractivity contribution in [3.05, 3.63) is 65.3 Å². The number of anilines is 1. The molecule has 2 aliphatic rings. The third-order valence-corrected chi connectivity index (χ3v) is 5.91. The van der Waals surface area contributed by atoms with Crippen molar-refractivity contribution in [3.63, 3.8) is 0 Å². The van der Waals surface area contributed by atoms with Gasteiger partial charge in [-0.05, 0) is 19.1 Å². The number of hydrogen-bond acceptors (Lipinski definition) is 8. The summed E-state index contributed by atoms with van der Waals surface area (Å²) in [5.74, 6) is -1.64. The summed E-state index contributed by atoms with van der Waals surface area (Å²) in [4.78, 5) is 8.62. The smallest absolute Gasteiger partial charge is 0.228 e. The Morgan fingerprint density at radius 2 is 1.94 bits per heavy atom. The van der Waals surface area contributed by atoms with Gasteiger partial charge in [-0.15, -0.1) is 0 Å². The van der Waals surface area contributed by atoms with E-state index in [0.29, 0.717) is 31.1 Å². The summed E-state index contributed by atoms with van der Waals surface area (Å²) in [7, 11) is 0. The summed E-state index contributed by atoms with van der Waals surface area (Å²) < 4.78 is 28.7. The van der Waals surface area contributed by atoms with Crippen LogP contribution in [0.1, 0.15) is 11.3 Å². The Kier molecular flexibility index (Phi) is 7.25. The van der Waals surface area contributed by atoms with E-state index in [1.54, 1.807) is 17.0 Å². The Bertz CT molecular complexity index is 1070. The second-order valence-electron chi connectivity index (χ2n) is 8.31. The Balaban J connectivity index is 1.34. The molecule has 4 rings (SSSR count). The van der Waals surface area contributed by atoms with Crippen molar-refractivity contribution >= 4 is 18.1 Å². The Morgan fingerprint density at radius 1 is 1.21 bits per heavy atom. The van der Waals surface area contributed by atoms with E-state index >= 15 is 0 Å². The highest BCUT2D eigenvalue weighted by Crippen LogP contribution is 2.22. The monoisotopic (exact) mass is 472 g/mol. The number of nitrogens with zero attached hydrogens (tertiary/aromatic N) is 5. The number of benzene rings is 1. The highest BCUT2D eigenvalue weighted by molar-refractivity contribution is 5.60. The van der Waals surface area contributed by atoms with Crippen LogP contribution in [-0.4, -0.2) is 72.0 Å². The number of rotatable bonds is 8. The predicted octanol–water partition coefficient (Wildman–Crippen LogP) is 0.929. The van der Waals surface area contributed by atoms with Crippen LogP contribution in [0.15, 0.2) is 47.4 Å². The van der Waals surface area contributed by atoms with Gasteiger partial charge in [-0.25, -0.2) is 18.5 Å². The number of aromatic nitrogens is 2. The van der Waals surface area contributed by atoms with Crippen LogP contribution in [0.4, 0.5) is 14.5 Å². The molecular formula is C23H30F2N8O. The third kappa shape index (κ3) is 5.44. The molecule has 0 radical (unpaired) electrons. The standard InChI is InChI=1S/C23H30F2N8O/c1-17-18(15-30-33(17)23(26)14-22(27-4-10-34)28-16-29-23)3-2-5-31-6-8-32(9-7-31)21-12-19(24)11-20(25)13-21/h2-3,11-16,27,34H,4-10,26H2,1H3,(H,28,29)/b3-2+. The molecule has 11 heteroatoms. The summed E-state index contributed by atoms with van der Waals surface area (Å²) in [6.45, 7) is 6.07. The molecule has 0 saturated carbocycles. The number of hydrogen-bond donors (Lipinski definition) is 4. The normalized spacial score (nSPS) is 21.1. The first-order valence-corrected chi connectivity index (χ1v) is 11.2. The van der Waals surface area contributed by atoms with E-state index in [0.717, 1.165) is 37.0 Å². The van der Waals surface area contributed by atoms with Crippen molar-refractivity contribution in [2.45, 2.75) is 12.7 Å². The van der Waals surface area contributed by atoms with Gasteiger partial charge in [0.15, 0.2) is 0 Å². The quantitative estimate of drug-likeness (QED) is 0.453. The number of aliphatic hydroxyl groups excluding tert-OH is 1. The second-order valence-corrected chi connectivity index (χ2v) is 8.31. The Morgan fingerprint density at radius 3 is 2.65 bits per heavy atom. The van der Waals surface area contributed by atoms with E-state index in [-0.39, 0.29) is 6.61 Å². The predicted molar refractivity (Wildman–Crippen MR) is 128 cm³/mol. The zero-order chi connectivity index (χ0) is 24.1. The summed E-state index contributed by atoms with van der Waals surface area (Å²) in [5, 5.41) is 19.5. The fraction of sp³-hybridized carbons (Fsp3) is 0.391. The molecule has 34 heavy (non-hydrogen) atoms. The van der Waals surface area contributed by atoms with Gasteiger partial charge in [-0.1, -0.05) is 12.2 Å². The van der Waals surface area contributed by atoms with Crippen molar-refractivity contribution in [2.75, 3.05) is 50.8 Å². The summed E-state index contributed by atoms with van der Waals surface area (Å²) in [5.41, 5.74) is 8.87. The van der Waals surface area contributed by atoms with Crippen LogP contribution < -0.4 is 21.3 Å². The van der Waals surface area contributed by atoms with Crippen LogP contribution in [0.2, 0.25) is 0 Å². The zero-order valence-corrected chi connectivity index (χ0v) is 19.1. The van der Waals surface area contributed by atoms with Gasteiger partial charge >= 0.3 is 0 Å². The Hall–Kier alpha value is -3.28. The van der Waals surface area contributed by atoms with Gasteiger partial charge in [0.05, 0.1) is 19.1 Å². The molecule has 0 spiro atoms. The van der Waals surface area contributed by atoms with Crippen LogP contribution in [0, 0.1) is 18.6 Å². The Labute approximate surface area is 197 Å². The number of nitrogens with two attached hydrogens (primary N) is 1. The molecule has 1 aromatic carbocycles. The number of halogens is 2. The molecule has 2 aliphatic heterocycles. The minimum Gasteiger partial charge on any atom is -0.395 e. The van der Waals surface area contributed by atoms with Crippen molar-refractivity contribution < 1.29 is 13.9 Å². The minimum absolute atomic E-state index is 0.00187. The maximum absolute atomic E-state index is 13.5. The molecule has 9 nitrogen and oxygen atoms in total. The average Bonchev–Trinajstić information content (AvgIpc) is 3.19. The molecule has 3 heterocycles. The summed E-state index contributed by atoms with van der Waals surface area (Å²) in [6, 6.07) is 3.63. The van der Waals surface area contributed by atoms with E-state index < -0.39 is 17.4 Å². The lowest BCUT2D eigenvalue weighted by Gasteiger charge is -2.35. The van der Waals surface area contributed by atoms with Crippen molar-refractivity contribution in [1.29, 1.82) is 0 Å². The van der Waals surface area contributed by atoms with Crippen LogP contribution in [0.5, 0.6) is 0 Å². The lowest BCUT2D eigenvalue weighted by molar-refractivity contribution is 0.284. The molecule has 1 saturated heterocycles. The topological polar surface area (TPSA) is 107 Å². The first-order chi connectivity index (χ1) is 16.4. The van der Waals surface area contributed by atoms with Crippen molar-refractivity contribution in [3.8, 4) is 0 Å². The van der Waals surface area contributed by atoms with Gasteiger partial charge in [-0.2, -0.15) is 5.10 Å². The highest BCUT2D eigenvalue weighted by atomic mass is 19.1. The highest BCUT2D eigenvalue weighted by Gasteiger charge is 2.29. The molecule has 0 bridgehead atoms. The van der Waals surface area contributed by atoms with Crippen molar-refractivity contribution in [2.24, 2.45) is 10.7 Å². The maximum Gasteiger partial charge on any atom is 0.228 e. The molecule has 1 atom stereocenters. The lowest BCUT2D eigenvalue weighted by Crippen LogP contribution is -2.46. The molecule has 5 N–H and O–H groups in total. The van der Waals surface area contributed by atoms with Crippen LogP contribution in [0.25, 0.3) is 6.08 Å². The molecular weight excluding hydrogens is 442 g/mol. The average molecular weight is 473 g/mol. The lowest BCUT2D eigenvalue weighted by atomic mass is 10.2. The van der Waals surface area contributed by atoms with Crippen LogP contribution in [-0.2, 0) is 5.79 Å². The van der Waals surface area contributed by atoms with E-state index in [1.165, 1.54) is 18.5 Å². The third-order valence-electron chi connectivity index (χ3n) is 5.91. The zero-order valence-electron chi connectivity index (χ0n) is 19.1.